The van der Waals surface area contributed by atoms with Gasteiger partial charge in [-0.2, -0.15) is 0 Å². The maximum atomic E-state index is 14.2. The van der Waals surface area contributed by atoms with Crippen molar-refractivity contribution in [3.63, 3.8) is 0 Å². The molecule has 4 rings (SSSR count). The third-order valence-corrected chi connectivity index (χ3v) is 4.83. The minimum Gasteiger partial charge on any atom is -0.486 e. The van der Waals surface area contributed by atoms with Gasteiger partial charge in [-0.25, -0.2) is 4.39 Å². The van der Waals surface area contributed by atoms with E-state index in [0.29, 0.717) is 42.5 Å². The number of carbonyl (C=O) groups is 1. The van der Waals surface area contributed by atoms with Crippen molar-refractivity contribution in [3.05, 3.63) is 76.9 Å². The summed E-state index contributed by atoms with van der Waals surface area (Å²) < 4.78 is 27.1. The number of aryl methyl sites for hydroxylation is 1. The first kappa shape index (κ1) is 18.1. The zero-order valence-electron chi connectivity index (χ0n) is 15.8. The third kappa shape index (κ3) is 3.33. The first-order valence-electron chi connectivity index (χ1n) is 9.15. The lowest BCUT2D eigenvalue weighted by molar-refractivity contribution is 0.0950. The highest BCUT2D eigenvalue weighted by atomic mass is 19.1. The molecule has 0 aliphatic carbocycles. The minimum atomic E-state index is -0.326. The summed E-state index contributed by atoms with van der Waals surface area (Å²) in [7, 11) is 0. The maximum absolute atomic E-state index is 14.2. The predicted molar refractivity (Wildman–Crippen MR) is 104 cm³/mol. The third-order valence-electron chi connectivity index (χ3n) is 4.83. The molecular weight excluding hydrogens is 359 g/mol. The van der Waals surface area contributed by atoms with Gasteiger partial charge in [0, 0.05) is 17.9 Å². The Hall–Kier alpha value is -3.28. The molecule has 6 heteroatoms. The maximum Gasteiger partial charge on any atom is 0.253 e. The second kappa shape index (κ2) is 7.38. The molecule has 0 saturated carbocycles. The molecule has 1 aliphatic rings. The SMILES string of the molecule is Cc1cc(C(=O)NCc2ccc3c(c2)OCCO3)c(C)n1-c1ccccc1F. The average molecular weight is 380 g/mol. The quantitative estimate of drug-likeness (QED) is 0.746. The molecule has 144 valence electrons. The van der Waals surface area contributed by atoms with Crippen LogP contribution in [0.4, 0.5) is 4.39 Å². The molecule has 0 spiro atoms. The molecular formula is C22H21FN2O3. The lowest BCUT2D eigenvalue weighted by Crippen LogP contribution is -2.23. The first-order valence-corrected chi connectivity index (χ1v) is 9.15. The van der Waals surface area contributed by atoms with E-state index in [2.05, 4.69) is 5.32 Å². The Kier molecular flexibility index (Phi) is 4.77. The standard InChI is InChI=1S/C22H21FN2O3/c1-14-11-17(15(2)25(14)19-6-4-3-5-18(19)23)22(26)24-13-16-7-8-20-21(12-16)28-10-9-27-20/h3-8,11-12H,9-10,13H2,1-2H3,(H,24,26). The Morgan fingerprint density at radius 3 is 2.61 bits per heavy atom. The van der Waals surface area contributed by atoms with Gasteiger partial charge in [-0.05, 0) is 49.7 Å². The van der Waals surface area contributed by atoms with Gasteiger partial charge in [-0.3, -0.25) is 4.79 Å². The van der Waals surface area contributed by atoms with Crippen molar-refractivity contribution < 1.29 is 18.7 Å². The Labute approximate surface area is 162 Å². The molecule has 1 aliphatic heterocycles. The van der Waals surface area contributed by atoms with Crippen LogP contribution in [0.25, 0.3) is 5.69 Å². The van der Waals surface area contributed by atoms with Crippen LogP contribution in [0.3, 0.4) is 0 Å². The van der Waals surface area contributed by atoms with E-state index in [4.69, 9.17) is 9.47 Å². The fourth-order valence-electron chi connectivity index (χ4n) is 3.47. The molecule has 0 bridgehead atoms. The van der Waals surface area contributed by atoms with Gasteiger partial charge in [0.25, 0.3) is 5.91 Å². The van der Waals surface area contributed by atoms with Gasteiger partial charge in [0.1, 0.15) is 19.0 Å². The fraction of sp³-hybridized carbons (Fsp3) is 0.227. The molecule has 1 N–H and O–H groups in total. The number of hydrogen-bond acceptors (Lipinski definition) is 3. The van der Waals surface area contributed by atoms with Crippen LogP contribution in [0.5, 0.6) is 11.5 Å². The highest BCUT2D eigenvalue weighted by Gasteiger charge is 2.18. The minimum absolute atomic E-state index is 0.203. The zero-order valence-corrected chi connectivity index (χ0v) is 15.8. The van der Waals surface area contributed by atoms with Crippen LogP contribution in [-0.4, -0.2) is 23.7 Å². The van der Waals surface area contributed by atoms with Crippen LogP contribution in [0.2, 0.25) is 0 Å². The van der Waals surface area contributed by atoms with E-state index < -0.39 is 0 Å². The summed E-state index contributed by atoms with van der Waals surface area (Å²) in [4.78, 5) is 12.7. The highest BCUT2D eigenvalue weighted by molar-refractivity contribution is 5.95. The van der Waals surface area contributed by atoms with Gasteiger partial charge < -0.3 is 19.4 Å². The Morgan fingerprint density at radius 1 is 1.07 bits per heavy atom. The number of para-hydroxylation sites is 1. The number of aromatic nitrogens is 1. The van der Waals surface area contributed by atoms with E-state index in [1.807, 2.05) is 32.0 Å². The molecule has 0 saturated heterocycles. The summed E-state index contributed by atoms with van der Waals surface area (Å²) in [5, 5.41) is 2.93. The molecule has 1 amide bonds. The molecule has 0 atom stereocenters. The predicted octanol–water partition coefficient (Wildman–Crippen LogP) is 3.93. The number of halogens is 1. The largest absolute Gasteiger partial charge is 0.486 e. The average Bonchev–Trinajstić information content (AvgIpc) is 3.00. The summed E-state index contributed by atoms with van der Waals surface area (Å²) in [5.41, 5.74) is 3.37. The second-order valence-electron chi connectivity index (χ2n) is 6.73. The van der Waals surface area contributed by atoms with Crippen molar-refractivity contribution >= 4 is 5.91 Å². The number of hydrogen-bond donors (Lipinski definition) is 1. The number of ether oxygens (including phenoxy) is 2. The number of fused-ring (bicyclic) bond motifs is 1. The van der Waals surface area contributed by atoms with E-state index >= 15 is 0 Å². The molecule has 5 nitrogen and oxygen atoms in total. The second-order valence-corrected chi connectivity index (χ2v) is 6.73. The van der Waals surface area contributed by atoms with Gasteiger partial charge in [0.15, 0.2) is 11.5 Å². The molecule has 0 fully saturated rings. The van der Waals surface area contributed by atoms with E-state index in [0.717, 1.165) is 17.0 Å². The number of rotatable bonds is 4. The molecule has 0 radical (unpaired) electrons. The van der Waals surface area contributed by atoms with Gasteiger partial charge in [-0.15, -0.1) is 0 Å². The summed E-state index contributed by atoms with van der Waals surface area (Å²) >= 11 is 0. The lowest BCUT2D eigenvalue weighted by Gasteiger charge is -2.19. The number of amides is 1. The fourth-order valence-corrected chi connectivity index (χ4v) is 3.47. The van der Waals surface area contributed by atoms with Crippen LogP contribution in [0.15, 0.2) is 48.5 Å². The van der Waals surface area contributed by atoms with Gasteiger partial charge in [-0.1, -0.05) is 18.2 Å². The van der Waals surface area contributed by atoms with Crippen LogP contribution < -0.4 is 14.8 Å². The normalized spacial score (nSPS) is 12.7. The molecule has 28 heavy (non-hydrogen) atoms. The van der Waals surface area contributed by atoms with Crippen molar-refractivity contribution in [1.29, 1.82) is 0 Å². The van der Waals surface area contributed by atoms with Gasteiger partial charge in [0.05, 0.1) is 11.3 Å². The first-order chi connectivity index (χ1) is 13.5. The Bertz CT molecular complexity index is 1040. The van der Waals surface area contributed by atoms with Gasteiger partial charge >= 0.3 is 0 Å². The molecule has 2 aromatic carbocycles. The zero-order chi connectivity index (χ0) is 19.7. The van der Waals surface area contributed by atoms with E-state index in [9.17, 15) is 9.18 Å². The molecule has 0 unspecified atom stereocenters. The van der Waals surface area contributed by atoms with Crippen molar-refractivity contribution in [3.8, 4) is 17.2 Å². The molecule has 2 heterocycles. The van der Waals surface area contributed by atoms with Crippen LogP contribution in [-0.2, 0) is 6.54 Å². The van der Waals surface area contributed by atoms with Crippen LogP contribution in [0.1, 0.15) is 27.3 Å². The van der Waals surface area contributed by atoms with E-state index in [-0.39, 0.29) is 11.7 Å². The number of carbonyl (C=O) groups excluding carboxylic acids is 1. The van der Waals surface area contributed by atoms with E-state index in [1.165, 1.54) is 6.07 Å². The van der Waals surface area contributed by atoms with Crippen LogP contribution >= 0.6 is 0 Å². The van der Waals surface area contributed by atoms with Gasteiger partial charge in [0.2, 0.25) is 0 Å². The van der Waals surface area contributed by atoms with Crippen LogP contribution in [0, 0.1) is 19.7 Å². The highest BCUT2D eigenvalue weighted by Crippen LogP contribution is 2.30. The monoisotopic (exact) mass is 380 g/mol. The van der Waals surface area contributed by atoms with Crippen molar-refractivity contribution in [2.45, 2.75) is 20.4 Å². The van der Waals surface area contributed by atoms with E-state index in [1.54, 1.807) is 28.8 Å². The number of benzene rings is 2. The van der Waals surface area contributed by atoms with Crippen molar-refractivity contribution in [2.75, 3.05) is 13.2 Å². The summed E-state index contributed by atoms with van der Waals surface area (Å²) in [6, 6.07) is 13.9. The molecule has 1 aromatic heterocycles. The Morgan fingerprint density at radius 2 is 1.82 bits per heavy atom. The topological polar surface area (TPSA) is 52.5 Å². The lowest BCUT2D eigenvalue weighted by atomic mass is 10.1. The van der Waals surface area contributed by atoms with Crippen molar-refractivity contribution in [2.24, 2.45) is 0 Å². The number of nitrogens with zero attached hydrogens (tertiary/aromatic N) is 1. The summed E-state index contributed by atoms with van der Waals surface area (Å²) in [6.45, 7) is 5.10. The summed E-state index contributed by atoms with van der Waals surface area (Å²) in [6.07, 6.45) is 0. The smallest absolute Gasteiger partial charge is 0.253 e. The molecule has 3 aromatic rings. The van der Waals surface area contributed by atoms with Crippen molar-refractivity contribution in [1.82, 2.24) is 9.88 Å². The number of nitrogens with one attached hydrogen (secondary N) is 1. The Balaban J connectivity index is 1.53. The summed E-state index contributed by atoms with van der Waals surface area (Å²) in [5.74, 6) is 0.878.